The summed E-state index contributed by atoms with van der Waals surface area (Å²) in [5.41, 5.74) is 3.06. The molecule has 2 aromatic carbocycles. The van der Waals surface area contributed by atoms with Gasteiger partial charge in [-0.15, -0.1) is 0 Å². The fourth-order valence-electron chi connectivity index (χ4n) is 3.82. The highest BCUT2D eigenvalue weighted by Crippen LogP contribution is 2.42. The van der Waals surface area contributed by atoms with E-state index in [1.54, 1.807) is 12.1 Å². The van der Waals surface area contributed by atoms with Crippen LogP contribution in [-0.2, 0) is 4.79 Å². The van der Waals surface area contributed by atoms with Crippen LogP contribution < -0.4 is 4.90 Å². The van der Waals surface area contributed by atoms with E-state index in [0.29, 0.717) is 0 Å². The van der Waals surface area contributed by atoms with Crippen LogP contribution >= 0.6 is 0 Å². The number of benzene rings is 2. The zero-order valence-electron chi connectivity index (χ0n) is 13.1. The minimum Gasteiger partial charge on any atom is -0.291 e. The summed E-state index contributed by atoms with van der Waals surface area (Å²) in [5, 5.41) is 0. The molecule has 118 valence electrons. The predicted octanol–water partition coefficient (Wildman–Crippen LogP) is 3.64. The SMILES string of the molecule is Cc1cccc([C@H]2N(c3ccc(F)cc3)C(=O)[C@@H]3CCCN32)c1. The van der Waals surface area contributed by atoms with Gasteiger partial charge in [-0.2, -0.15) is 0 Å². The summed E-state index contributed by atoms with van der Waals surface area (Å²) < 4.78 is 13.3. The lowest BCUT2D eigenvalue weighted by atomic mass is 10.1. The summed E-state index contributed by atoms with van der Waals surface area (Å²) in [6.07, 6.45) is 1.86. The van der Waals surface area contributed by atoms with Crippen LogP contribution in [0.15, 0.2) is 48.5 Å². The van der Waals surface area contributed by atoms with Gasteiger partial charge >= 0.3 is 0 Å². The van der Waals surface area contributed by atoms with Gasteiger partial charge in [-0.1, -0.05) is 29.8 Å². The molecule has 2 saturated heterocycles. The minimum absolute atomic E-state index is 0.0504. The molecule has 0 N–H and O–H groups in total. The van der Waals surface area contributed by atoms with Crippen molar-refractivity contribution in [2.24, 2.45) is 0 Å². The molecule has 3 nitrogen and oxygen atoms in total. The molecular weight excluding hydrogens is 291 g/mol. The van der Waals surface area contributed by atoms with Crippen LogP contribution in [0.3, 0.4) is 0 Å². The van der Waals surface area contributed by atoms with Crippen molar-refractivity contribution >= 4 is 11.6 Å². The first-order chi connectivity index (χ1) is 11.1. The van der Waals surface area contributed by atoms with E-state index in [-0.39, 0.29) is 23.9 Å². The fourth-order valence-corrected chi connectivity index (χ4v) is 3.82. The van der Waals surface area contributed by atoms with E-state index in [0.717, 1.165) is 30.6 Å². The molecule has 0 aromatic heterocycles. The molecule has 0 aliphatic carbocycles. The lowest BCUT2D eigenvalue weighted by molar-refractivity contribution is -0.119. The second-order valence-electron chi connectivity index (χ2n) is 6.37. The number of hydrogen-bond acceptors (Lipinski definition) is 2. The number of nitrogens with zero attached hydrogens (tertiary/aromatic N) is 2. The molecule has 0 spiro atoms. The van der Waals surface area contributed by atoms with Gasteiger partial charge in [0.25, 0.3) is 0 Å². The molecule has 0 radical (unpaired) electrons. The Kier molecular flexibility index (Phi) is 3.42. The largest absolute Gasteiger partial charge is 0.291 e. The Morgan fingerprint density at radius 1 is 1.13 bits per heavy atom. The Hall–Kier alpha value is -2.20. The third kappa shape index (κ3) is 2.34. The number of aryl methyl sites for hydroxylation is 1. The van der Waals surface area contributed by atoms with E-state index >= 15 is 0 Å². The van der Waals surface area contributed by atoms with Gasteiger partial charge < -0.3 is 0 Å². The second kappa shape index (κ2) is 5.46. The van der Waals surface area contributed by atoms with Gasteiger partial charge in [0.2, 0.25) is 5.91 Å². The molecule has 2 fully saturated rings. The first-order valence-corrected chi connectivity index (χ1v) is 8.06. The lowest BCUT2D eigenvalue weighted by Gasteiger charge is -2.30. The number of carbonyl (C=O) groups is 1. The molecule has 4 heteroatoms. The first kappa shape index (κ1) is 14.4. The monoisotopic (exact) mass is 310 g/mol. The fraction of sp³-hybridized carbons (Fsp3) is 0.316. The van der Waals surface area contributed by atoms with Crippen LogP contribution in [0.5, 0.6) is 0 Å². The molecule has 0 unspecified atom stereocenters. The summed E-state index contributed by atoms with van der Waals surface area (Å²) in [6, 6.07) is 14.5. The molecule has 0 saturated carbocycles. The summed E-state index contributed by atoms with van der Waals surface area (Å²) in [6.45, 7) is 2.98. The van der Waals surface area contributed by atoms with Gasteiger partial charge in [0.05, 0.1) is 6.04 Å². The highest BCUT2D eigenvalue weighted by atomic mass is 19.1. The van der Waals surface area contributed by atoms with Gasteiger partial charge in [-0.3, -0.25) is 14.6 Å². The smallest absolute Gasteiger partial charge is 0.246 e. The Bertz CT molecular complexity index is 743. The van der Waals surface area contributed by atoms with Crippen LogP contribution in [0.4, 0.5) is 10.1 Å². The van der Waals surface area contributed by atoms with Crippen molar-refractivity contribution in [1.82, 2.24) is 4.90 Å². The molecule has 2 atom stereocenters. The quantitative estimate of drug-likeness (QED) is 0.845. The second-order valence-corrected chi connectivity index (χ2v) is 6.37. The van der Waals surface area contributed by atoms with Crippen molar-refractivity contribution in [3.05, 3.63) is 65.5 Å². The van der Waals surface area contributed by atoms with E-state index in [1.807, 2.05) is 11.0 Å². The topological polar surface area (TPSA) is 23.6 Å². The Balaban J connectivity index is 1.81. The van der Waals surface area contributed by atoms with Crippen LogP contribution in [0.1, 0.15) is 30.1 Å². The van der Waals surface area contributed by atoms with Crippen LogP contribution in [-0.4, -0.2) is 23.4 Å². The molecule has 2 aliphatic rings. The summed E-state index contributed by atoms with van der Waals surface area (Å²) >= 11 is 0. The number of halogens is 1. The Morgan fingerprint density at radius 2 is 1.91 bits per heavy atom. The summed E-state index contributed by atoms with van der Waals surface area (Å²) in [4.78, 5) is 17.0. The van der Waals surface area contributed by atoms with E-state index in [2.05, 4.69) is 30.0 Å². The van der Waals surface area contributed by atoms with Crippen molar-refractivity contribution < 1.29 is 9.18 Å². The van der Waals surface area contributed by atoms with E-state index in [9.17, 15) is 9.18 Å². The predicted molar refractivity (Wildman–Crippen MR) is 87.5 cm³/mol. The Morgan fingerprint density at radius 3 is 2.65 bits per heavy atom. The average molecular weight is 310 g/mol. The lowest BCUT2D eigenvalue weighted by Crippen LogP contribution is -2.32. The highest BCUT2D eigenvalue weighted by molar-refractivity contribution is 6.00. The number of carbonyl (C=O) groups excluding carboxylic acids is 1. The molecule has 2 aromatic rings. The van der Waals surface area contributed by atoms with Gasteiger partial charge in [-0.05, 0) is 49.6 Å². The summed E-state index contributed by atoms with van der Waals surface area (Å²) in [5.74, 6) is -0.159. The number of amides is 1. The van der Waals surface area contributed by atoms with Crippen molar-refractivity contribution in [2.75, 3.05) is 11.4 Å². The molecule has 23 heavy (non-hydrogen) atoms. The molecule has 4 rings (SSSR count). The highest BCUT2D eigenvalue weighted by Gasteiger charge is 2.49. The van der Waals surface area contributed by atoms with E-state index in [4.69, 9.17) is 0 Å². The Labute approximate surface area is 135 Å². The van der Waals surface area contributed by atoms with Gasteiger partial charge in [0.1, 0.15) is 12.0 Å². The van der Waals surface area contributed by atoms with Crippen LogP contribution in [0.25, 0.3) is 0 Å². The average Bonchev–Trinajstić information content (AvgIpc) is 3.11. The van der Waals surface area contributed by atoms with Crippen molar-refractivity contribution in [3.8, 4) is 0 Å². The van der Waals surface area contributed by atoms with Crippen molar-refractivity contribution in [2.45, 2.75) is 32.0 Å². The van der Waals surface area contributed by atoms with E-state index in [1.165, 1.54) is 17.7 Å². The van der Waals surface area contributed by atoms with Crippen LogP contribution in [0, 0.1) is 12.7 Å². The number of hydrogen-bond donors (Lipinski definition) is 0. The van der Waals surface area contributed by atoms with Gasteiger partial charge in [0.15, 0.2) is 0 Å². The first-order valence-electron chi connectivity index (χ1n) is 8.06. The molecule has 1 amide bonds. The number of fused-ring (bicyclic) bond motifs is 1. The van der Waals surface area contributed by atoms with Crippen LogP contribution in [0.2, 0.25) is 0 Å². The van der Waals surface area contributed by atoms with Gasteiger partial charge in [0, 0.05) is 12.2 Å². The number of anilines is 1. The zero-order valence-corrected chi connectivity index (χ0v) is 13.1. The molecular formula is C19H19FN2O. The third-order valence-corrected chi connectivity index (χ3v) is 4.82. The maximum absolute atomic E-state index is 13.3. The maximum Gasteiger partial charge on any atom is 0.246 e. The standard InChI is InChI=1S/C19H19FN2O/c1-13-4-2-5-14(12-13)18-21-11-3-6-17(21)19(23)22(18)16-9-7-15(20)8-10-16/h2,4-5,7-10,12,17-18H,3,6,11H2,1H3/t17-,18+/m0/s1. The molecule has 2 aliphatic heterocycles. The third-order valence-electron chi connectivity index (χ3n) is 4.82. The normalized spacial score (nSPS) is 24.3. The van der Waals surface area contributed by atoms with Gasteiger partial charge in [-0.25, -0.2) is 4.39 Å². The number of rotatable bonds is 2. The maximum atomic E-state index is 13.3. The molecule has 2 heterocycles. The van der Waals surface area contributed by atoms with Crippen molar-refractivity contribution in [1.29, 1.82) is 0 Å². The van der Waals surface area contributed by atoms with E-state index < -0.39 is 0 Å². The zero-order chi connectivity index (χ0) is 16.0. The minimum atomic E-state index is -0.284. The summed E-state index contributed by atoms with van der Waals surface area (Å²) in [7, 11) is 0. The van der Waals surface area contributed by atoms with Crippen molar-refractivity contribution in [3.63, 3.8) is 0 Å². The molecule has 0 bridgehead atoms.